The van der Waals surface area contributed by atoms with Crippen molar-refractivity contribution in [3.05, 3.63) is 87.6 Å². The molecule has 2 fully saturated rings. The summed E-state index contributed by atoms with van der Waals surface area (Å²) in [5.41, 5.74) is 3.60. The SMILES string of the molecule is Cc1ccc(CN2CCC(CCNC(=O)c3ccc(-c4ccnc(NC(=O)C5CC5)c4)c([N+](=O)[O-])c3)CC2)cc1. The van der Waals surface area contributed by atoms with E-state index < -0.39 is 4.92 Å². The second kappa shape index (κ2) is 12.4. The summed E-state index contributed by atoms with van der Waals surface area (Å²) in [6.07, 6.45) is 6.32. The molecule has 2 N–H and O–H groups in total. The number of carbonyl (C=O) groups is 2. The summed E-state index contributed by atoms with van der Waals surface area (Å²) >= 11 is 0. The summed E-state index contributed by atoms with van der Waals surface area (Å²) in [4.78, 5) is 43.0. The van der Waals surface area contributed by atoms with Gasteiger partial charge in [-0.15, -0.1) is 0 Å². The van der Waals surface area contributed by atoms with Crippen LogP contribution in [0.5, 0.6) is 0 Å². The van der Waals surface area contributed by atoms with Gasteiger partial charge >= 0.3 is 0 Å². The highest BCUT2D eigenvalue weighted by Gasteiger charge is 2.30. The third-order valence-corrected chi connectivity index (χ3v) is 7.80. The summed E-state index contributed by atoms with van der Waals surface area (Å²) in [6.45, 7) is 5.68. The topological polar surface area (TPSA) is 117 Å². The monoisotopic (exact) mass is 541 g/mol. The maximum atomic E-state index is 12.8. The number of likely N-dealkylation sites (tertiary alicyclic amines) is 1. The molecule has 5 rings (SSSR count). The average Bonchev–Trinajstić information content (AvgIpc) is 3.81. The van der Waals surface area contributed by atoms with Crippen molar-refractivity contribution in [3.63, 3.8) is 0 Å². The number of nitro groups is 1. The van der Waals surface area contributed by atoms with Gasteiger partial charge in [0.15, 0.2) is 0 Å². The normalized spacial score (nSPS) is 15.9. The van der Waals surface area contributed by atoms with Crippen LogP contribution in [0.1, 0.15) is 53.6 Å². The van der Waals surface area contributed by atoms with Gasteiger partial charge in [-0.3, -0.25) is 24.6 Å². The zero-order valence-electron chi connectivity index (χ0n) is 22.8. The Hall–Kier alpha value is -4.11. The van der Waals surface area contributed by atoms with Gasteiger partial charge in [0.1, 0.15) is 5.82 Å². The predicted molar refractivity (Wildman–Crippen MR) is 154 cm³/mol. The van der Waals surface area contributed by atoms with E-state index >= 15 is 0 Å². The number of benzene rings is 2. The summed E-state index contributed by atoms with van der Waals surface area (Å²) in [5.74, 6) is 0.520. The van der Waals surface area contributed by atoms with Crippen LogP contribution in [-0.4, -0.2) is 46.3 Å². The van der Waals surface area contributed by atoms with Crippen LogP contribution < -0.4 is 10.6 Å². The molecule has 1 aliphatic carbocycles. The van der Waals surface area contributed by atoms with Crippen LogP contribution >= 0.6 is 0 Å². The summed E-state index contributed by atoms with van der Waals surface area (Å²) in [5, 5.41) is 17.6. The first-order valence-electron chi connectivity index (χ1n) is 14.0. The number of nitrogens with zero attached hydrogens (tertiary/aromatic N) is 3. The summed E-state index contributed by atoms with van der Waals surface area (Å²) in [6, 6.07) is 16.5. The molecule has 1 saturated heterocycles. The number of carbonyl (C=O) groups excluding carboxylic acids is 2. The highest BCUT2D eigenvalue weighted by molar-refractivity contribution is 5.96. The van der Waals surface area contributed by atoms with E-state index in [0.717, 1.165) is 51.7 Å². The van der Waals surface area contributed by atoms with E-state index in [4.69, 9.17) is 0 Å². The Morgan fingerprint density at radius 2 is 1.77 bits per heavy atom. The molecule has 0 spiro atoms. The van der Waals surface area contributed by atoms with Crippen LogP contribution in [0.2, 0.25) is 0 Å². The Labute approximate surface area is 234 Å². The first kappa shape index (κ1) is 27.5. The molecule has 0 bridgehead atoms. The average molecular weight is 542 g/mol. The first-order chi connectivity index (χ1) is 19.4. The van der Waals surface area contributed by atoms with Crippen LogP contribution in [0.4, 0.5) is 11.5 Å². The van der Waals surface area contributed by atoms with E-state index in [9.17, 15) is 19.7 Å². The molecule has 0 unspecified atom stereocenters. The lowest BCUT2D eigenvalue weighted by Crippen LogP contribution is -2.34. The second-order valence-corrected chi connectivity index (χ2v) is 10.9. The standard InChI is InChI=1S/C31H35N5O4/c1-21-2-4-23(5-3-21)20-35-16-12-22(13-17-35)10-14-33-30(37)26-8-9-27(28(18-26)36(39)40)25-11-15-32-29(19-25)34-31(38)24-6-7-24/h2-5,8-9,11,15,18-19,22,24H,6-7,10,12-14,16-17,20H2,1H3,(H,33,37)(H,32,34,38). The molecule has 1 aromatic heterocycles. The maximum Gasteiger partial charge on any atom is 0.277 e. The molecule has 9 nitrogen and oxygen atoms in total. The number of rotatable bonds is 10. The maximum absolute atomic E-state index is 12.8. The van der Waals surface area contributed by atoms with E-state index in [1.54, 1.807) is 24.3 Å². The molecule has 0 radical (unpaired) electrons. The molecule has 2 aliphatic rings. The van der Waals surface area contributed by atoms with Gasteiger partial charge < -0.3 is 10.6 Å². The van der Waals surface area contributed by atoms with Crippen molar-refractivity contribution >= 4 is 23.3 Å². The lowest BCUT2D eigenvalue weighted by atomic mass is 9.93. The zero-order chi connectivity index (χ0) is 28.1. The van der Waals surface area contributed by atoms with Crippen molar-refractivity contribution in [2.45, 2.75) is 45.6 Å². The van der Waals surface area contributed by atoms with Crippen molar-refractivity contribution in [1.82, 2.24) is 15.2 Å². The second-order valence-electron chi connectivity index (χ2n) is 10.9. The fourth-order valence-electron chi connectivity index (χ4n) is 5.19. The first-order valence-corrected chi connectivity index (χ1v) is 14.0. The molecule has 3 aromatic rings. The number of amides is 2. The number of hydrogen-bond donors (Lipinski definition) is 2. The largest absolute Gasteiger partial charge is 0.352 e. The van der Waals surface area contributed by atoms with Gasteiger partial charge in [0, 0.05) is 36.8 Å². The molecule has 2 aromatic carbocycles. The minimum Gasteiger partial charge on any atom is -0.352 e. The number of pyridine rings is 1. The lowest BCUT2D eigenvalue weighted by molar-refractivity contribution is -0.384. The van der Waals surface area contributed by atoms with Crippen LogP contribution in [-0.2, 0) is 11.3 Å². The minimum absolute atomic E-state index is 0.0227. The van der Waals surface area contributed by atoms with Crippen molar-refractivity contribution in [1.29, 1.82) is 0 Å². The third-order valence-electron chi connectivity index (χ3n) is 7.80. The molecule has 9 heteroatoms. The van der Waals surface area contributed by atoms with Crippen molar-refractivity contribution in [3.8, 4) is 11.1 Å². The predicted octanol–water partition coefficient (Wildman–Crippen LogP) is 5.35. The molecular formula is C31H35N5O4. The molecule has 1 saturated carbocycles. The van der Waals surface area contributed by atoms with E-state index in [1.807, 2.05) is 0 Å². The molecule has 0 atom stereocenters. The summed E-state index contributed by atoms with van der Waals surface area (Å²) in [7, 11) is 0. The Morgan fingerprint density at radius 3 is 2.48 bits per heavy atom. The Bertz CT molecular complexity index is 1380. The fraction of sp³-hybridized carbons (Fsp3) is 0.387. The van der Waals surface area contributed by atoms with Gasteiger partial charge in [-0.05, 0) is 93.4 Å². The van der Waals surface area contributed by atoms with Crippen LogP contribution in [0.25, 0.3) is 11.1 Å². The van der Waals surface area contributed by atoms with E-state index in [1.165, 1.54) is 23.4 Å². The van der Waals surface area contributed by atoms with Gasteiger partial charge in [-0.1, -0.05) is 29.8 Å². The number of nitro benzene ring substituents is 1. The number of nitrogens with one attached hydrogen (secondary N) is 2. The third kappa shape index (κ3) is 7.09. The van der Waals surface area contributed by atoms with Crippen molar-refractivity contribution < 1.29 is 14.5 Å². The minimum atomic E-state index is -0.487. The van der Waals surface area contributed by atoms with Crippen molar-refractivity contribution in [2.75, 3.05) is 25.0 Å². The van der Waals surface area contributed by atoms with Gasteiger partial charge in [0.05, 0.1) is 10.5 Å². The van der Waals surface area contributed by atoms with Gasteiger partial charge in [0.2, 0.25) is 5.91 Å². The number of aromatic nitrogens is 1. The van der Waals surface area contributed by atoms with Crippen LogP contribution in [0.3, 0.4) is 0 Å². The Balaban J connectivity index is 1.13. The van der Waals surface area contributed by atoms with Gasteiger partial charge in [-0.25, -0.2) is 4.98 Å². The number of anilines is 1. The van der Waals surface area contributed by atoms with E-state index in [-0.39, 0.29) is 29.0 Å². The van der Waals surface area contributed by atoms with Crippen LogP contribution in [0, 0.1) is 28.9 Å². The molecular weight excluding hydrogens is 506 g/mol. The fourth-order valence-corrected chi connectivity index (χ4v) is 5.19. The van der Waals surface area contributed by atoms with E-state index in [0.29, 0.717) is 29.4 Å². The Morgan fingerprint density at radius 1 is 1.02 bits per heavy atom. The molecule has 2 heterocycles. The summed E-state index contributed by atoms with van der Waals surface area (Å²) < 4.78 is 0. The van der Waals surface area contributed by atoms with Gasteiger partial charge in [0.25, 0.3) is 11.6 Å². The highest BCUT2D eigenvalue weighted by atomic mass is 16.6. The number of aryl methyl sites for hydroxylation is 1. The smallest absolute Gasteiger partial charge is 0.277 e. The van der Waals surface area contributed by atoms with Crippen molar-refractivity contribution in [2.24, 2.45) is 11.8 Å². The molecule has 1 aliphatic heterocycles. The molecule has 2 amide bonds. The Kier molecular flexibility index (Phi) is 8.50. The molecule has 40 heavy (non-hydrogen) atoms. The quantitative estimate of drug-likeness (QED) is 0.264. The van der Waals surface area contributed by atoms with E-state index in [2.05, 4.69) is 51.7 Å². The molecule has 208 valence electrons. The number of hydrogen-bond acceptors (Lipinski definition) is 6. The lowest BCUT2D eigenvalue weighted by Gasteiger charge is -2.32. The zero-order valence-corrected chi connectivity index (χ0v) is 22.8. The highest BCUT2D eigenvalue weighted by Crippen LogP contribution is 2.33. The van der Waals surface area contributed by atoms with Gasteiger partial charge in [-0.2, -0.15) is 0 Å². The van der Waals surface area contributed by atoms with Crippen LogP contribution in [0.15, 0.2) is 60.8 Å². The number of piperidine rings is 1.